The molecule has 0 bridgehead atoms. The van der Waals surface area contributed by atoms with Crippen LogP contribution < -0.4 is 0 Å². The van der Waals surface area contributed by atoms with Gasteiger partial charge in [-0.3, -0.25) is 5.01 Å². The van der Waals surface area contributed by atoms with E-state index in [2.05, 4.69) is 35.1 Å². The number of hydrogen-bond donors (Lipinski definition) is 0. The van der Waals surface area contributed by atoms with Crippen molar-refractivity contribution in [1.29, 1.82) is 0 Å². The van der Waals surface area contributed by atoms with Gasteiger partial charge in [-0.05, 0) is 30.3 Å². The Hall–Kier alpha value is -0.180. The molecular formula is C9H16N2S. The van der Waals surface area contributed by atoms with E-state index in [-0.39, 0.29) is 0 Å². The average molecular weight is 184 g/mol. The molecule has 2 unspecified atom stereocenters. The summed E-state index contributed by atoms with van der Waals surface area (Å²) in [5.74, 6) is 3.60. The Labute approximate surface area is 78.4 Å². The molecule has 2 heterocycles. The third-order valence-electron chi connectivity index (χ3n) is 2.83. The quantitative estimate of drug-likeness (QED) is 0.618. The summed E-state index contributed by atoms with van der Waals surface area (Å²) in [7, 11) is 2.10. The minimum Gasteiger partial charge on any atom is -0.297 e. The van der Waals surface area contributed by atoms with Gasteiger partial charge in [-0.2, -0.15) is 16.9 Å². The number of nitrogens with zero attached hydrogens (tertiary/aromatic N) is 2. The monoisotopic (exact) mass is 184 g/mol. The fourth-order valence-electron chi connectivity index (χ4n) is 2.09. The predicted molar refractivity (Wildman–Crippen MR) is 54.7 cm³/mol. The highest BCUT2D eigenvalue weighted by atomic mass is 32.2. The van der Waals surface area contributed by atoms with E-state index in [4.69, 9.17) is 0 Å². The first-order valence-electron chi connectivity index (χ1n) is 4.71. The van der Waals surface area contributed by atoms with Gasteiger partial charge >= 0.3 is 0 Å². The molecular weight excluding hydrogens is 168 g/mol. The molecule has 0 saturated carbocycles. The van der Waals surface area contributed by atoms with Crippen LogP contribution in [-0.2, 0) is 0 Å². The molecule has 2 atom stereocenters. The van der Waals surface area contributed by atoms with Crippen molar-refractivity contribution in [2.75, 3.05) is 18.6 Å². The average Bonchev–Trinajstić information content (AvgIpc) is 2.53. The first kappa shape index (κ1) is 8.42. The van der Waals surface area contributed by atoms with Crippen LogP contribution in [0.2, 0.25) is 0 Å². The van der Waals surface area contributed by atoms with E-state index in [0.717, 1.165) is 5.92 Å². The molecule has 0 spiro atoms. The molecule has 0 amide bonds. The maximum absolute atomic E-state index is 4.29. The van der Waals surface area contributed by atoms with Crippen LogP contribution in [0.3, 0.4) is 0 Å². The molecule has 0 N–H and O–H groups in total. The largest absolute Gasteiger partial charge is 0.297 e. The molecule has 0 aromatic rings. The Morgan fingerprint density at radius 2 is 2.50 bits per heavy atom. The minimum atomic E-state index is 0.706. The van der Waals surface area contributed by atoms with Crippen LogP contribution in [0.1, 0.15) is 19.3 Å². The zero-order chi connectivity index (χ0) is 8.39. The molecule has 2 nitrogen and oxygen atoms in total. The van der Waals surface area contributed by atoms with Gasteiger partial charge in [0.05, 0.1) is 6.04 Å². The van der Waals surface area contributed by atoms with Crippen LogP contribution in [-0.4, -0.2) is 35.8 Å². The Kier molecular flexibility index (Phi) is 2.59. The van der Waals surface area contributed by atoms with E-state index < -0.39 is 0 Å². The standard InChI is InChI=1S/C9H16N2S/c1-11-9(4-5-10-11)8-3-2-6-12-7-8/h5,8-9H,2-4,6-7H2,1H3. The Balaban J connectivity index is 1.90. The van der Waals surface area contributed by atoms with Gasteiger partial charge in [0.2, 0.25) is 0 Å². The van der Waals surface area contributed by atoms with Crippen molar-refractivity contribution < 1.29 is 0 Å². The Morgan fingerprint density at radius 3 is 3.08 bits per heavy atom. The zero-order valence-corrected chi connectivity index (χ0v) is 8.39. The van der Waals surface area contributed by atoms with E-state index >= 15 is 0 Å². The molecule has 3 heteroatoms. The predicted octanol–water partition coefficient (Wildman–Crippen LogP) is 1.82. The Morgan fingerprint density at radius 1 is 1.58 bits per heavy atom. The lowest BCUT2D eigenvalue weighted by molar-refractivity contribution is 0.210. The molecule has 0 aliphatic carbocycles. The van der Waals surface area contributed by atoms with Gasteiger partial charge in [0.1, 0.15) is 0 Å². The summed E-state index contributed by atoms with van der Waals surface area (Å²) >= 11 is 2.11. The number of rotatable bonds is 1. The van der Waals surface area contributed by atoms with E-state index in [1.54, 1.807) is 0 Å². The molecule has 2 rings (SSSR count). The van der Waals surface area contributed by atoms with E-state index in [9.17, 15) is 0 Å². The van der Waals surface area contributed by atoms with Gasteiger partial charge in [-0.25, -0.2) is 0 Å². The summed E-state index contributed by atoms with van der Waals surface area (Å²) in [5, 5.41) is 6.44. The van der Waals surface area contributed by atoms with Gasteiger partial charge < -0.3 is 0 Å². The third-order valence-corrected chi connectivity index (χ3v) is 4.07. The van der Waals surface area contributed by atoms with E-state index in [0.29, 0.717) is 6.04 Å². The van der Waals surface area contributed by atoms with Crippen molar-refractivity contribution in [3.8, 4) is 0 Å². The lowest BCUT2D eigenvalue weighted by Gasteiger charge is -2.30. The summed E-state index contributed by atoms with van der Waals surface area (Å²) in [6.45, 7) is 0. The van der Waals surface area contributed by atoms with Crippen LogP contribution in [0.15, 0.2) is 5.10 Å². The highest BCUT2D eigenvalue weighted by Crippen LogP contribution is 2.30. The van der Waals surface area contributed by atoms with Crippen LogP contribution in [0.5, 0.6) is 0 Å². The number of hydrazone groups is 1. The van der Waals surface area contributed by atoms with Crippen molar-refractivity contribution >= 4 is 18.0 Å². The maximum atomic E-state index is 4.29. The summed E-state index contributed by atoms with van der Waals surface area (Å²) in [6, 6.07) is 0.706. The van der Waals surface area contributed by atoms with Gasteiger partial charge in [0, 0.05) is 19.7 Å². The second-order valence-corrected chi connectivity index (χ2v) is 4.80. The smallest absolute Gasteiger partial charge is 0.0553 e. The van der Waals surface area contributed by atoms with E-state index in [1.807, 2.05) is 0 Å². The third kappa shape index (κ3) is 1.60. The van der Waals surface area contributed by atoms with Crippen molar-refractivity contribution in [2.24, 2.45) is 11.0 Å². The normalized spacial score (nSPS) is 35.9. The molecule has 68 valence electrons. The van der Waals surface area contributed by atoms with Gasteiger partial charge in [-0.1, -0.05) is 0 Å². The first-order valence-corrected chi connectivity index (χ1v) is 5.86. The van der Waals surface area contributed by atoms with Crippen LogP contribution in [0.25, 0.3) is 0 Å². The topological polar surface area (TPSA) is 15.6 Å². The van der Waals surface area contributed by atoms with Crippen molar-refractivity contribution in [3.63, 3.8) is 0 Å². The SMILES string of the molecule is CN1N=CCC1C1CCCSC1. The molecule has 1 saturated heterocycles. The van der Waals surface area contributed by atoms with Crippen LogP contribution in [0.4, 0.5) is 0 Å². The summed E-state index contributed by atoms with van der Waals surface area (Å²) in [6.07, 6.45) is 6.04. The zero-order valence-electron chi connectivity index (χ0n) is 7.57. The first-order chi connectivity index (χ1) is 5.88. The molecule has 0 radical (unpaired) electrons. The molecule has 1 fully saturated rings. The van der Waals surface area contributed by atoms with E-state index in [1.165, 1.54) is 30.8 Å². The van der Waals surface area contributed by atoms with Crippen molar-refractivity contribution in [1.82, 2.24) is 5.01 Å². The second kappa shape index (κ2) is 3.69. The Bertz CT molecular complexity index is 175. The van der Waals surface area contributed by atoms with Crippen molar-refractivity contribution in [2.45, 2.75) is 25.3 Å². The number of thioether (sulfide) groups is 1. The lowest BCUT2D eigenvalue weighted by atomic mass is 9.94. The van der Waals surface area contributed by atoms with Gasteiger partial charge in [0.15, 0.2) is 0 Å². The highest BCUT2D eigenvalue weighted by molar-refractivity contribution is 7.99. The molecule has 0 aromatic carbocycles. The molecule has 2 aliphatic rings. The van der Waals surface area contributed by atoms with Crippen LogP contribution >= 0.6 is 11.8 Å². The maximum Gasteiger partial charge on any atom is 0.0553 e. The fourth-order valence-corrected chi connectivity index (χ4v) is 3.32. The van der Waals surface area contributed by atoms with Gasteiger partial charge in [-0.15, -0.1) is 0 Å². The van der Waals surface area contributed by atoms with Crippen molar-refractivity contribution in [3.05, 3.63) is 0 Å². The highest BCUT2D eigenvalue weighted by Gasteiger charge is 2.28. The number of hydrogen-bond acceptors (Lipinski definition) is 3. The fraction of sp³-hybridized carbons (Fsp3) is 0.889. The van der Waals surface area contributed by atoms with Gasteiger partial charge in [0.25, 0.3) is 0 Å². The molecule has 0 aromatic heterocycles. The molecule has 2 aliphatic heterocycles. The minimum absolute atomic E-state index is 0.706. The summed E-state index contributed by atoms with van der Waals surface area (Å²) in [5.41, 5.74) is 0. The second-order valence-electron chi connectivity index (χ2n) is 3.65. The summed E-state index contributed by atoms with van der Waals surface area (Å²) < 4.78 is 0. The molecule has 12 heavy (non-hydrogen) atoms. The lowest BCUT2D eigenvalue weighted by Crippen LogP contribution is -2.34. The summed E-state index contributed by atoms with van der Waals surface area (Å²) in [4.78, 5) is 0. The van der Waals surface area contributed by atoms with Crippen LogP contribution in [0, 0.1) is 5.92 Å².